The van der Waals surface area contributed by atoms with Gasteiger partial charge in [0.15, 0.2) is 0 Å². The summed E-state index contributed by atoms with van der Waals surface area (Å²) in [6.07, 6.45) is 8.92. The van der Waals surface area contributed by atoms with E-state index in [1.807, 2.05) is 0 Å². The quantitative estimate of drug-likeness (QED) is 0.400. The molecule has 0 aliphatic carbocycles. The first-order valence-corrected chi connectivity index (χ1v) is 9.44. The summed E-state index contributed by atoms with van der Waals surface area (Å²) in [7, 11) is 0. The molecule has 0 saturated carbocycles. The number of unbranched alkanes of at least 4 members (excludes halogenated alkanes) is 4. The average Bonchev–Trinajstić information content (AvgIpc) is 2.63. The fraction of sp³-hybridized carbons (Fsp3) is 0.417. The van der Waals surface area contributed by atoms with Gasteiger partial charge in [-0.2, -0.15) is 0 Å². The molecule has 0 bridgehead atoms. The van der Waals surface area contributed by atoms with Crippen LogP contribution in [-0.4, -0.2) is 0 Å². The molecule has 24 heavy (non-hydrogen) atoms. The van der Waals surface area contributed by atoms with E-state index in [2.05, 4.69) is 81.1 Å². The van der Waals surface area contributed by atoms with Crippen LogP contribution in [0.5, 0.6) is 0 Å². The maximum Gasteiger partial charge on any atom is -0.00349 e. The Bertz CT molecular complexity index is 596. The Morgan fingerprint density at radius 3 is 2.04 bits per heavy atom. The van der Waals surface area contributed by atoms with Gasteiger partial charge in [0, 0.05) is 0 Å². The van der Waals surface area contributed by atoms with Crippen LogP contribution in [-0.2, 0) is 5.41 Å². The van der Waals surface area contributed by atoms with Crippen LogP contribution < -0.4 is 0 Å². The summed E-state index contributed by atoms with van der Waals surface area (Å²) in [5.41, 5.74) is 4.12. The Balaban J connectivity index is 2.09. The average molecular weight is 321 g/mol. The van der Waals surface area contributed by atoms with Crippen LogP contribution in [0.3, 0.4) is 0 Å². The molecule has 0 aromatic heterocycles. The van der Waals surface area contributed by atoms with Gasteiger partial charge in [0.1, 0.15) is 0 Å². The third-order valence-corrected chi connectivity index (χ3v) is 5.09. The highest BCUT2D eigenvalue weighted by Crippen LogP contribution is 2.38. The smallest absolute Gasteiger partial charge is 0.00349 e. The Labute approximate surface area is 148 Å². The molecule has 0 saturated heterocycles. The molecule has 128 valence electrons. The highest BCUT2D eigenvalue weighted by Gasteiger charge is 2.27. The van der Waals surface area contributed by atoms with Gasteiger partial charge in [-0.25, -0.2) is 0 Å². The molecule has 1 unspecified atom stereocenters. The number of hydrogen-bond donors (Lipinski definition) is 0. The van der Waals surface area contributed by atoms with Gasteiger partial charge in [-0.1, -0.05) is 113 Å². The summed E-state index contributed by atoms with van der Waals surface area (Å²) < 4.78 is 0. The zero-order valence-electron chi connectivity index (χ0n) is 15.4. The fourth-order valence-corrected chi connectivity index (χ4v) is 3.54. The summed E-state index contributed by atoms with van der Waals surface area (Å²) in [6, 6.07) is 21.6. The first-order valence-electron chi connectivity index (χ1n) is 9.44. The number of benzene rings is 2. The summed E-state index contributed by atoms with van der Waals surface area (Å²) in [6.45, 7) is 9.08. The van der Waals surface area contributed by atoms with E-state index < -0.39 is 0 Å². The predicted molar refractivity (Wildman–Crippen MR) is 107 cm³/mol. The van der Waals surface area contributed by atoms with Gasteiger partial charge in [0.2, 0.25) is 0 Å². The maximum absolute atomic E-state index is 4.39. The van der Waals surface area contributed by atoms with Crippen molar-refractivity contribution in [3.05, 3.63) is 78.4 Å². The van der Waals surface area contributed by atoms with Crippen molar-refractivity contribution in [1.82, 2.24) is 0 Å². The lowest BCUT2D eigenvalue weighted by Gasteiger charge is -2.31. The largest absolute Gasteiger partial charge is 0.0952 e. The molecule has 2 aromatic carbocycles. The van der Waals surface area contributed by atoms with E-state index in [0.29, 0.717) is 0 Å². The second-order valence-corrected chi connectivity index (χ2v) is 7.24. The Kier molecular flexibility index (Phi) is 7.31. The Morgan fingerprint density at radius 2 is 1.42 bits per heavy atom. The van der Waals surface area contributed by atoms with Gasteiger partial charge in [0.25, 0.3) is 0 Å². The number of hydrogen-bond acceptors (Lipinski definition) is 0. The van der Waals surface area contributed by atoms with Gasteiger partial charge in [-0.3, -0.25) is 0 Å². The lowest BCUT2D eigenvalue weighted by atomic mass is 9.73. The summed E-state index contributed by atoms with van der Waals surface area (Å²) in [5.74, 6) is 0. The van der Waals surface area contributed by atoms with Crippen LogP contribution in [0.2, 0.25) is 0 Å². The maximum atomic E-state index is 4.39. The highest BCUT2D eigenvalue weighted by atomic mass is 14.3. The molecule has 0 nitrogen and oxygen atoms in total. The van der Waals surface area contributed by atoms with E-state index in [4.69, 9.17) is 0 Å². The third kappa shape index (κ3) is 5.37. The topological polar surface area (TPSA) is 0 Å². The molecule has 0 heteroatoms. The molecule has 2 rings (SSSR count). The molecular weight excluding hydrogens is 288 g/mol. The van der Waals surface area contributed by atoms with Crippen LogP contribution in [0.4, 0.5) is 0 Å². The van der Waals surface area contributed by atoms with Crippen LogP contribution in [0.1, 0.15) is 69.9 Å². The molecule has 0 radical (unpaired) electrons. The molecular formula is C24H32. The lowest BCUT2D eigenvalue weighted by Crippen LogP contribution is -2.22. The second-order valence-electron chi connectivity index (χ2n) is 7.24. The number of allylic oxidation sites excluding steroid dienone is 1. The minimum absolute atomic E-state index is 0.167. The first-order chi connectivity index (χ1) is 11.7. The van der Waals surface area contributed by atoms with Crippen molar-refractivity contribution in [1.29, 1.82) is 0 Å². The lowest BCUT2D eigenvalue weighted by molar-refractivity contribution is 0.416. The molecule has 0 spiro atoms. The molecule has 0 amide bonds. The third-order valence-electron chi connectivity index (χ3n) is 5.09. The second kappa shape index (κ2) is 9.47. The van der Waals surface area contributed by atoms with Crippen molar-refractivity contribution < 1.29 is 0 Å². The summed E-state index contributed by atoms with van der Waals surface area (Å²) in [5, 5.41) is 0. The van der Waals surface area contributed by atoms with Gasteiger partial charge in [-0.15, -0.1) is 0 Å². The zero-order valence-corrected chi connectivity index (χ0v) is 15.4. The van der Waals surface area contributed by atoms with E-state index in [1.54, 1.807) is 0 Å². The molecule has 2 aromatic rings. The molecule has 0 fully saturated rings. The van der Waals surface area contributed by atoms with Gasteiger partial charge < -0.3 is 0 Å². The van der Waals surface area contributed by atoms with Crippen LogP contribution in [0.25, 0.3) is 5.57 Å². The van der Waals surface area contributed by atoms with Crippen molar-refractivity contribution in [3.8, 4) is 0 Å². The number of rotatable bonds is 10. The minimum atomic E-state index is 0.167. The summed E-state index contributed by atoms with van der Waals surface area (Å²) in [4.78, 5) is 0. The predicted octanol–water partition coefficient (Wildman–Crippen LogP) is 7.41. The van der Waals surface area contributed by atoms with Crippen molar-refractivity contribution >= 4 is 5.57 Å². The van der Waals surface area contributed by atoms with E-state index in [-0.39, 0.29) is 5.41 Å². The van der Waals surface area contributed by atoms with Crippen LogP contribution in [0.15, 0.2) is 67.2 Å². The standard InChI is InChI=1S/C24H32/c1-4-5-6-7-14-19-24(3,23-17-12-9-13-18-23)20-21(2)22-15-10-8-11-16-22/h8-13,15-18H,2,4-7,14,19-20H2,1,3H3. The van der Waals surface area contributed by atoms with E-state index in [1.165, 1.54) is 55.2 Å². The monoisotopic (exact) mass is 320 g/mol. The van der Waals surface area contributed by atoms with Gasteiger partial charge >= 0.3 is 0 Å². The summed E-state index contributed by atoms with van der Waals surface area (Å²) >= 11 is 0. The van der Waals surface area contributed by atoms with Crippen molar-refractivity contribution in [3.63, 3.8) is 0 Å². The Morgan fingerprint density at radius 1 is 0.833 bits per heavy atom. The molecule has 0 N–H and O–H groups in total. The first kappa shape index (κ1) is 18.5. The van der Waals surface area contributed by atoms with E-state index in [0.717, 1.165) is 6.42 Å². The minimum Gasteiger partial charge on any atom is -0.0952 e. The SMILES string of the molecule is C=C(CC(C)(CCCCCCC)c1ccccc1)c1ccccc1. The molecule has 0 aliphatic rings. The van der Waals surface area contributed by atoms with Gasteiger partial charge in [-0.05, 0) is 35.0 Å². The Hall–Kier alpha value is -1.82. The molecule has 0 aliphatic heterocycles. The van der Waals surface area contributed by atoms with Crippen LogP contribution >= 0.6 is 0 Å². The zero-order chi connectivity index (χ0) is 17.3. The van der Waals surface area contributed by atoms with Crippen molar-refractivity contribution in [2.45, 2.75) is 64.2 Å². The van der Waals surface area contributed by atoms with Crippen LogP contribution in [0, 0.1) is 0 Å². The highest BCUT2D eigenvalue weighted by molar-refractivity contribution is 5.64. The molecule has 1 atom stereocenters. The molecule has 0 heterocycles. The van der Waals surface area contributed by atoms with E-state index >= 15 is 0 Å². The van der Waals surface area contributed by atoms with Gasteiger partial charge in [0.05, 0.1) is 0 Å². The van der Waals surface area contributed by atoms with Crippen molar-refractivity contribution in [2.24, 2.45) is 0 Å². The van der Waals surface area contributed by atoms with E-state index in [9.17, 15) is 0 Å². The normalized spacial score (nSPS) is 13.4. The fourth-order valence-electron chi connectivity index (χ4n) is 3.54. The van der Waals surface area contributed by atoms with Crippen molar-refractivity contribution in [2.75, 3.05) is 0 Å².